The first-order valence-corrected chi connectivity index (χ1v) is 7.76. The van der Waals surface area contributed by atoms with Gasteiger partial charge in [0.15, 0.2) is 0 Å². The summed E-state index contributed by atoms with van der Waals surface area (Å²) in [7, 11) is -2.46. The van der Waals surface area contributed by atoms with Crippen LogP contribution in [-0.4, -0.2) is 50.1 Å². The van der Waals surface area contributed by atoms with Crippen LogP contribution in [0.5, 0.6) is 0 Å². The summed E-state index contributed by atoms with van der Waals surface area (Å²) in [6.07, 6.45) is 1.37. The van der Waals surface area contributed by atoms with Gasteiger partial charge < -0.3 is 9.84 Å². The summed E-state index contributed by atoms with van der Waals surface area (Å²) in [5, 5.41) is 9.25. The predicted octanol–water partition coefficient (Wildman–Crippen LogP) is 0.619. The van der Waals surface area contributed by atoms with Crippen LogP contribution in [0.25, 0.3) is 0 Å². The van der Waals surface area contributed by atoms with Gasteiger partial charge in [-0.2, -0.15) is 4.31 Å². The fraction of sp³-hybridized carbons (Fsp3) is 0.462. The first kappa shape index (κ1) is 15.0. The zero-order valence-corrected chi connectivity index (χ0v) is 12.0. The second-order valence-corrected chi connectivity index (χ2v) is 6.50. The molecule has 1 aromatic carbocycles. The van der Waals surface area contributed by atoms with Crippen molar-refractivity contribution < 1.29 is 23.1 Å². The lowest BCUT2D eigenvalue weighted by molar-refractivity contribution is 0.0600. The van der Waals surface area contributed by atoms with Crippen molar-refractivity contribution in [2.24, 2.45) is 0 Å². The molecule has 1 aliphatic rings. The van der Waals surface area contributed by atoms with Crippen molar-refractivity contribution in [1.82, 2.24) is 4.31 Å². The van der Waals surface area contributed by atoms with Crippen molar-refractivity contribution in [1.29, 1.82) is 0 Å². The highest BCUT2D eigenvalue weighted by Crippen LogP contribution is 2.26. The molecular weight excluding hydrogens is 282 g/mol. The average molecular weight is 299 g/mol. The third kappa shape index (κ3) is 2.70. The van der Waals surface area contributed by atoms with Crippen LogP contribution in [0.1, 0.15) is 23.2 Å². The Kier molecular flexibility index (Phi) is 4.42. The molecule has 0 saturated carbocycles. The summed E-state index contributed by atoms with van der Waals surface area (Å²) in [5.74, 6) is -0.581. The number of ether oxygens (including phenoxy) is 1. The van der Waals surface area contributed by atoms with Crippen LogP contribution in [0.3, 0.4) is 0 Å². The van der Waals surface area contributed by atoms with Gasteiger partial charge in [0.25, 0.3) is 0 Å². The van der Waals surface area contributed by atoms with Crippen molar-refractivity contribution in [3.05, 3.63) is 29.8 Å². The lowest BCUT2D eigenvalue weighted by atomic mass is 10.2. The van der Waals surface area contributed by atoms with E-state index in [1.54, 1.807) is 0 Å². The number of aliphatic hydroxyl groups is 1. The number of nitrogens with zero attached hydrogens (tertiary/aromatic N) is 1. The number of carbonyl (C=O) groups is 1. The van der Waals surface area contributed by atoms with Crippen molar-refractivity contribution in [2.75, 3.05) is 20.3 Å². The van der Waals surface area contributed by atoms with Crippen LogP contribution in [-0.2, 0) is 14.8 Å². The van der Waals surface area contributed by atoms with E-state index in [9.17, 15) is 18.3 Å². The van der Waals surface area contributed by atoms with Crippen LogP contribution in [0.2, 0.25) is 0 Å². The lowest BCUT2D eigenvalue weighted by Crippen LogP contribution is -2.37. The maximum absolute atomic E-state index is 12.5. The molecule has 1 atom stereocenters. The highest BCUT2D eigenvalue weighted by molar-refractivity contribution is 7.89. The number of hydrogen-bond donors (Lipinski definition) is 1. The van der Waals surface area contributed by atoms with Gasteiger partial charge in [-0.1, -0.05) is 6.07 Å². The largest absolute Gasteiger partial charge is 0.465 e. The van der Waals surface area contributed by atoms with Gasteiger partial charge in [0.05, 0.1) is 24.2 Å². The van der Waals surface area contributed by atoms with Gasteiger partial charge in [0, 0.05) is 12.6 Å². The van der Waals surface area contributed by atoms with Gasteiger partial charge >= 0.3 is 5.97 Å². The third-order valence-corrected chi connectivity index (χ3v) is 5.34. The monoisotopic (exact) mass is 299 g/mol. The van der Waals surface area contributed by atoms with E-state index in [-0.39, 0.29) is 23.1 Å². The van der Waals surface area contributed by atoms with E-state index in [4.69, 9.17) is 0 Å². The van der Waals surface area contributed by atoms with E-state index in [1.807, 2.05) is 0 Å². The molecule has 110 valence electrons. The molecule has 1 fully saturated rings. The molecule has 0 bridgehead atoms. The Balaban J connectivity index is 2.37. The summed E-state index contributed by atoms with van der Waals surface area (Å²) in [5.41, 5.74) is 0.188. The minimum Gasteiger partial charge on any atom is -0.465 e. The van der Waals surface area contributed by atoms with Crippen LogP contribution < -0.4 is 0 Å². The molecule has 0 aliphatic carbocycles. The number of benzene rings is 1. The number of carbonyl (C=O) groups excluding carboxylic acids is 1. The summed E-state index contributed by atoms with van der Waals surface area (Å²) in [6, 6.07) is 5.35. The molecule has 0 amide bonds. The highest BCUT2D eigenvalue weighted by atomic mass is 32.2. The molecule has 6 nitrogen and oxygen atoms in total. The molecule has 1 aromatic rings. The second-order valence-electron chi connectivity index (χ2n) is 4.61. The Morgan fingerprint density at radius 2 is 2.25 bits per heavy atom. The van der Waals surface area contributed by atoms with Gasteiger partial charge in [-0.15, -0.1) is 0 Å². The number of hydrogen-bond acceptors (Lipinski definition) is 5. The number of aliphatic hydroxyl groups excluding tert-OH is 1. The minimum atomic E-state index is -3.70. The second kappa shape index (κ2) is 5.90. The van der Waals surface area contributed by atoms with Crippen LogP contribution in [0, 0.1) is 0 Å². The van der Waals surface area contributed by atoms with Gasteiger partial charge in [0.2, 0.25) is 10.0 Å². The van der Waals surface area contributed by atoms with Crippen LogP contribution >= 0.6 is 0 Å². The molecule has 1 aliphatic heterocycles. The zero-order valence-electron chi connectivity index (χ0n) is 11.2. The highest BCUT2D eigenvalue weighted by Gasteiger charge is 2.35. The van der Waals surface area contributed by atoms with Crippen molar-refractivity contribution in [2.45, 2.75) is 23.8 Å². The molecule has 2 rings (SSSR count). The van der Waals surface area contributed by atoms with E-state index in [2.05, 4.69) is 4.74 Å². The molecular formula is C13H17NO5S. The topological polar surface area (TPSA) is 83.9 Å². The first-order valence-electron chi connectivity index (χ1n) is 6.32. The molecule has 0 radical (unpaired) electrons. The Morgan fingerprint density at radius 3 is 2.90 bits per heavy atom. The van der Waals surface area contributed by atoms with Crippen LogP contribution in [0.4, 0.5) is 0 Å². The van der Waals surface area contributed by atoms with E-state index in [0.29, 0.717) is 13.0 Å². The Labute approximate surface area is 118 Å². The number of sulfonamides is 1. The molecule has 1 saturated heterocycles. The molecule has 1 heterocycles. The minimum absolute atomic E-state index is 0.0424. The third-order valence-electron chi connectivity index (χ3n) is 3.40. The number of rotatable bonds is 4. The number of methoxy groups -OCH3 is 1. The first-order chi connectivity index (χ1) is 9.50. The van der Waals surface area contributed by atoms with Gasteiger partial charge in [-0.3, -0.25) is 0 Å². The summed E-state index contributed by atoms with van der Waals surface area (Å²) < 4.78 is 30.9. The van der Waals surface area contributed by atoms with E-state index in [0.717, 1.165) is 6.42 Å². The fourth-order valence-corrected chi connectivity index (χ4v) is 4.08. The molecule has 1 N–H and O–H groups in total. The molecule has 20 heavy (non-hydrogen) atoms. The van der Waals surface area contributed by atoms with E-state index < -0.39 is 16.0 Å². The Hall–Kier alpha value is -1.44. The maximum atomic E-state index is 12.5. The molecule has 0 spiro atoms. The Morgan fingerprint density at radius 1 is 1.50 bits per heavy atom. The SMILES string of the molecule is COC(=O)c1cccc(S(=O)(=O)N2CCCC2CO)c1. The normalized spacial score (nSPS) is 20.0. The fourth-order valence-electron chi connectivity index (χ4n) is 2.34. The summed E-state index contributed by atoms with van der Waals surface area (Å²) >= 11 is 0. The summed E-state index contributed by atoms with van der Waals surface area (Å²) in [6.45, 7) is 0.186. The van der Waals surface area contributed by atoms with Gasteiger partial charge in [-0.05, 0) is 31.0 Å². The standard InChI is InChI=1S/C13H17NO5S/c1-19-13(16)10-4-2-6-12(8-10)20(17,18)14-7-3-5-11(14)9-15/h2,4,6,8,11,15H,3,5,7,9H2,1H3. The predicted molar refractivity (Wildman–Crippen MR) is 71.8 cm³/mol. The lowest BCUT2D eigenvalue weighted by Gasteiger charge is -2.22. The quantitative estimate of drug-likeness (QED) is 0.824. The van der Waals surface area contributed by atoms with Crippen molar-refractivity contribution in [3.63, 3.8) is 0 Å². The smallest absolute Gasteiger partial charge is 0.337 e. The van der Waals surface area contributed by atoms with Gasteiger partial charge in [0.1, 0.15) is 0 Å². The zero-order chi connectivity index (χ0) is 14.8. The van der Waals surface area contributed by atoms with E-state index >= 15 is 0 Å². The van der Waals surface area contributed by atoms with E-state index in [1.165, 1.54) is 35.7 Å². The van der Waals surface area contributed by atoms with Crippen molar-refractivity contribution in [3.8, 4) is 0 Å². The average Bonchev–Trinajstić information content (AvgIpc) is 2.95. The van der Waals surface area contributed by atoms with Crippen molar-refractivity contribution >= 4 is 16.0 Å². The van der Waals surface area contributed by atoms with Crippen LogP contribution in [0.15, 0.2) is 29.2 Å². The van der Waals surface area contributed by atoms with Gasteiger partial charge in [-0.25, -0.2) is 13.2 Å². The molecule has 7 heteroatoms. The number of esters is 1. The molecule has 1 unspecified atom stereocenters. The summed E-state index contributed by atoms with van der Waals surface area (Å²) in [4.78, 5) is 11.5. The Bertz CT molecular complexity index is 599. The maximum Gasteiger partial charge on any atom is 0.337 e. The molecule has 0 aromatic heterocycles.